The van der Waals surface area contributed by atoms with Gasteiger partial charge in [0.2, 0.25) is 0 Å². The Morgan fingerprint density at radius 3 is 2.88 bits per heavy atom. The molecule has 88 valence electrons. The number of aliphatic hydroxyl groups excluding tert-OH is 1. The highest BCUT2D eigenvalue weighted by molar-refractivity contribution is 14.1. The third-order valence-electron chi connectivity index (χ3n) is 1.99. The number of halogens is 2. The zero-order chi connectivity index (χ0) is 12.1. The first kappa shape index (κ1) is 13.9. The maximum atomic E-state index is 11.2. The number of benzene rings is 1. The van der Waals surface area contributed by atoms with Gasteiger partial charge < -0.3 is 9.84 Å². The number of esters is 1. The smallest absolute Gasteiger partial charge is 0.308 e. The first-order valence-electron chi connectivity index (χ1n) is 4.83. The molecule has 0 aromatic heterocycles. The molecule has 0 spiro atoms. The van der Waals surface area contributed by atoms with Crippen molar-refractivity contribution in [2.75, 3.05) is 6.61 Å². The lowest BCUT2D eigenvalue weighted by Crippen LogP contribution is -2.10. The fourth-order valence-electron chi connectivity index (χ4n) is 1.26. The van der Waals surface area contributed by atoms with Crippen molar-refractivity contribution < 1.29 is 14.6 Å². The van der Waals surface area contributed by atoms with E-state index in [1.165, 1.54) is 0 Å². The maximum absolute atomic E-state index is 11.2. The molecule has 0 fully saturated rings. The molecule has 0 saturated carbocycles. The highest BCUT2D eigenvalue weighted by Gasteiger charge is 2.16. The zero-order valence-corrected chi connectivity index (χ0v) is 12.5. The van der Waals surface area contributed by atoms with Crippen molar-refractivity contribution in [3.05, 3.63) is 31.8 Å². The van der Waals surface area contributed by atoms with Gasteiger partial charge in [0.25, 0.3) is 0 Å². The summed E-state index contributed by atoms with van der Waals surface area (Å²) in [4.78, 5) is 11.2. The molecule has 1 aromatic carbocycles. The molecular formula is C11H12BrIO3. The van der Waals surface area contributed by atoms with Gasteiger partial charge in [0, 0.05) is 8.04 Å². The molecule has 0 radical (unpaired) electrons. The van der Waals surface area contributed by atoms with Gasteiger partial charge in [-0.2, -0.15) is 0 Å². The van der Waals surface area contributed by atoms with E-state index in [2.05, 4.69) is 38.5 Å². The molecule has 1 aromatic rings. The topological polar surface area (TPSA) is 46.5 Å². The van der Waals surface area contributed by atoms with Gasteiger partial charge in [-0.15, -0.1) is 0 Å². The summed E-state index contributed by atoms with van der Waals surface area (Å²) in [6.45, 7) is 2.07. The lowest BCUT2D eigenvalue weighted by atomic mass is 10.1. The summed E-state index contributed by atoms with van der Waals surface area (Å²) in [5, 5.41) is 9.86. The predicted molar refractivity (Wildman–Crippen MR) is 73.1 cm³/mol. The number of hydrogen-bond acceptors (Lipinski definition) is 3. The molecule has 0 bridgehead atoms. The highest BCUT2D eigenvalue weighted by atomic mass is 127. The molecule has 0 aliphatic heterocycles. The quantitative estimate of drug-likeness (QED) is 0.626. The third-order valence-corrected chi connectivity index (χ3v) is 3.34. The fourth-order valence-corrected chi connectivity index (χ4v) is 2.82. The Morgan fingerprint density at radius 2 is 2.31 bits per heavy atom. The molecule has 0 saturated heterocycles. The van der Waals surface area contributed by atoms with Gasteiger partial charge in [-0.3, -0.25) is 4.79 Å². The van der Waals surface area contributed by atoms with Gasteiger partial charge in [0.15, 0.2) is 0 Å². The minimum atomic E-state index is -0.828. The zero-order valence-electron chi connectivity index (χ0n) is 8.74. The Morgan fingerprint density at radius 1 is 1.62 bits per heavy atom. The normalized spacial score (nSPS) is 12.2. The minimum Gasteiger partial charge on any atom is -0.466 e. The van der Waals surface area contributed by atoms with Crippen LogP contribution in [0.2, 0.25) is 0 Å². The van der Waals surface area contributed by atoms with Crippen LogP contribution in [0.4, 0.5) is 0 Å². The number of aliphatic hydroxyl groups is 1. The van der Waals surface area contributed by atoms with Gasteiger partial charge >= 0.3 is 5.97 Å². The van der Waals surface area contributed by atoms with Crippen LogP contribution >= 0.6 is 38.5 Å². The standard InChI is InChI=1S/C11H12BrIO3/c1-2-16-11(15)6-10(14)8-4-3-7(13)5-9(8)12/h3-5,10,14H,2,6H2,1H3. The first-order chi connectivity index (χ1) is 7.54. The van der Waals surface area contributed by atoms with E-state index in [1.54, 1.807) is 13.0 Å². The van der Waals surface area contributed by atoms with Crippen LogP contribution in [0.25, 0.3) is 0 Å². The van der Waals surface area contributed by atoms with Crippen LogP contribution in [0.1, 0.15) is 25.0 Å². The number of rotatable bonds is 4. The van der Waals surface area contributed by atoms with E-state index in [4.69, 9.17) is 4.74 Å². The molecular weight excluding hydrogens is 387 g/mol. The molecule has 3 nitrogen and oxygen atoms in total. The lowest BCUT2D eigenvalue weighted by molar-refractivity contribution is -0.145. The van der Waals surface area contributed by atoms with E-state index in [0.717, 1.165) is 8.04 Å². The second-order valence-electron chi connectivity index (χ2n) is 3.19. The molecule has 1 rings (SSSR count). The second-order valence-corrected chi connectivity index (χ2v) is 5.29. The van der Waals surface area contributed by atoms with Crippen LogP contribution < -0.4 is 0 Å². The second kappa shape index (κ2) is 6.56. The summed E-state index contributed by atoms with van der Waals surface area (Å²) in [7, 11) is 0. The summed E-state index contributed by atoms with van der Waals surface area (Å²) < 4.78 is 6.65. The van der Waals surface area contributed by atoms with Gasteiger partial charge in [0.05, 0.1) is 19.1 Å². The molecule has 0 aliphatic carbocycles. The lowest BCUT2D eigenvalue weighted by Gasteiger charge is -2.12. The average Bonchev–Trinajstić information content (AvgIpc) is 2.17. The SMILES string of the molecule is CCOC(=O)CC(O)c1ccc(I)cc1Br. The summed E-state index contributed by atoms with van der Waals surface area (Å²) in [5.41, 5.74) is 0.702. The van der Waals surface area contributed by atoms with Gasteiger partial charge in [0.1, 0.15) is 0 Å². The van der Waals surface area contributed by atoms with Crippen LogP contribution in [0.3, 0.4) is 0 Å². The van der Waals surface area contributed by atoms with Gasteiger partial charge in [-0.1, -0.05) is 22.0 Å². The van der Waals surface area contributed by atoms with E-state index in [-0.39, 0.29) is 12.4 Å². The summed E-state index contributed by atoms with van der Waals surface area (Å²) in [6, 6.07) is 5.58. The van der Waals surface area contributed by atoms with E-state index < -0.39 is 6.10 Å². The van der Waals surface area contributed by atoms with Crippen molar-refractivity contribution in [3.63, 3.8) is 0 Å². The Balaban J connectivity index is 2.72. The van der Waals surface area contributed by atoms with Crippen LogP contribution in [0.5, 0.6) is 0 Å². The molecule has 1 atom stereocenters. The largest absolute Gasteiger partial charge is 0.466 e. The summed E-state index contributed by atoms with van der Waals surface area (Å²) in [5.74, 6) is -0.388. The van der Waals surface area contributed by atoms with Crippen LogP contribution in [-0.2, 0) is 9.53 Å². The van der Waals surface area contributed by atoms with Crippen molar-refractivity contribution in [2.45, 2.75) is 19.4 Å². The molecule has 1 N–H and O–H groups in total. The summed E-state index contributed by atoms with van der Waals surface area (Å²) >= 11 is 5.54. The fraction of sp³-hybridized carbons (Fsp3) is 0.364. The average molecular weight is 399 g/mol. The Kier molecular flexibility index (Phi) is 5.71. The van der Waals surface area contributed by atoms with E-state index in [1.807, 2.05) is 12.1 Å². The molecule has 1 unspecified atom stereocenters. The minimum absolute atomic E-state index is 0.0208. The first-order valence-corrected chi connectivity index (χ1v) is 6.70. The molecule has 5 heteroatoms. The van der Waals surface area contributed by atoms with Crippen LogP contribution in [-0.4, -0.2) is 17.7 Å². The number of carbonyl (C=O) groups is 1. The third kappa shape index (κ3) is 4.03. The monoisotopic (exact) mass is 398 g/mol. The Labute approximate surface area is 116 Å². The van der Waals surface area contributed by atoms with Crippen molar-refractivity contribution in [1.82, 2.24) is 0 Å². The molecule has 0 aliphatic rings. The predicted octanol–water partition coefficient (Wildman–Crippen LogP) is 3.04. The Hall–Kier alpha value is -0.140. The van der Waals surface area contributed by atoms with Gasteiger partial charge in [-0.25, -0.2) is 0 Å². The van der Waals surface area contributed by atoms with Crippen LogP contribution in [0, 0.1) is 3.57 Å². The van der Waals surface area contributed by atoms with E-state index in [0.29, 0.717) is 12.2 Å². The number of hydrogen-bond donors (Lipinski definition) is 1. The molecule has 16 heavy (non-hydrogen) atoms. The molecule has 0 heterocycles. The maximum Gasteiger partial charge on any atom is 0.308 e. The number of carbonyl (C=O) groups excluding carboxylic acids is 1. The molecule has 0 amide bonds. The van der Waals surface area contributed by atoms with Gasteiger partial charge in [-0.05, 0) is 47.2 Å². The number of ether oxygens (including phenoxy) is 1. The summed E-state index contributed by atoms with van der Waals surface area (Å²) in [6.07, 6.45) is -0.849. The van der Waals surface area contributed by atoms with Crippen molar-refractivity contribution in [2.24, 2.45) is 0 Å². The van der Waals surface area contributed by atoms with Crippen molar-refractivity contribution in [1.29, 1.82) is 0 Å². The van der Waals surface area contributed by atoms with E-state index >= 15 is 0 Å². The van der Waals surface area contributed by atoms with E-state index in [9.17, 15) is 9.90 Å². The highest BCUT2D eigenvalue weighted by Crippen LogP contribution is 2.27. The van der Waals surface area contributed by atoms with Crippen molar-refractivity contribution in [3.8, 4) is 0 Å². The van der Waals surface area contributed by atoms with Crippen molar-refractivity contribution >= 4 is 44.5 Å². The Bertz CT molecular complexity index is 381. The van der Waals surface area contributed by atoms with Crippen LogP contribution in [0.15, 0.2) is 22.7 Å².